The molecule has 1 aromatic carbocycles. The van der Waals surface area contributed by atoms with E-state index in [2.05, 4.69) is 66.2 Å². The third kappa shape index (κ3) is 5.92. The van der Waals surface area contributed by atoms with Crippen molar-refractivity contribution in [2.75, 3.05) is 57.8 Å². The van der Waals surface area contributed by atoms with Gasteiger partial charge in [0, 0.05) is 71.8 Å². The summed E-state index contributed by atoms with van der Waals surface area (Å²) in [4.78, 5) is 20.2. The Balaban J connectivity index is 1.28. The number of ether oxygens (including phenoxy) is 1. The first-order chi connectivity index (χ1) is 15.2. The smallest absolute Gasteiger partial charge is 0.225 e. The standard InChI is InChI=1S/C23H33N7O/c1-19-17-28(13-14-31-19)18-21-6-3-5-20(15-21)16-27-22(24-2)29-9-11-30(12-10-29)23-25-7-4-8-26-23/h3-8,15,19H,9-14,16-18H2,1-2H3,(H,24,27). The van der Waals surface area contributed by atoms with E-state index in [9.17, 15) is 0 Å². The van der Waals surface area contributed by atoms with Crippen molar-refractivity contribution in [3.63, 3.8) is 0 Å². The third-order valence-corrected chi connectivity index (χ3v) is 5.80. The van der Waals surface area contributed by atoms with Crippen LogP contribution in [0.25, 0.3) is 0 Å². The SMILES string of the molecule is CN=C(NCc1cccc(CN2CCOC(C)C2)c1)N1CCN(c2ncccn2)CC1. The van der Waals surface area contributed by atoms with E-state index in [-0.39, 0.29) is 0 Å². The molecule has 0 amide bonds. The van der Waals surface area contributed by atoms with Gasteiger partial charge in [0.05, 0.1) is 12.7 Å². The van der Waals surface area contributed by atoms with Crippen LogP contribution in [0.4, 0.5) is 5.95 Å². The van der Waals surface area contributed by atoms with Gasteiger partial charge in [-0.1, -0.05) is 24.3 Å². The van der Waals surface area contributed by atoms with Gasteiger partial charge >= 0.3 is 0 Å². The lowest BCUT2D eigenvalue weighted by Gasteiger charge is -2.36. The highest BCUT2D eigenvalue weighted by molar-refractivity contribution is 5.80. The Bertz CT molecular complexity index is 852. The minimum atomic E-state index is 0.316. The summed E-state index contributed by atoms with van der Waals surface area (Å²) in [6.07, 6.45) is 3.90. The number of hydrogen-bond acceptors (Lipinski definition) is 6. The van der Waals surface area contributed by atoms with Crippen molar-refractivity contribution in [3.05, 3.63) is 53.9 Å². The Kier molecular flexibility index (Phi) is 7.32. The van der Waals surface area contributed by atoms with Crippen molar-refractivity contribution in [3.8, 4) is 0 Å². The van der Waals surface area contributed by atoms with Gasteiger partial charge in [0.1, 0.15) is 0 Å². The summed E-state index contributed by atoms with van der Waals surface area (Å²) >= 11 is 0. The number of piperazine rings is 1. The molecule has 0 aliphatic carbocycles. The number of anilines is 1. The second kappa shape index (κ2) is 10.5. The Morgan fingerprint density at radius 2 is 1.87 bits per heavy atom. The Labute approximate surface area is 184 Å². The molecule has 0 spiro atoms. The van der Waals surface area contributed by atoms with Crippen molar-refractivity contribution >= 4 is 11.9 Å². The monoisotopic (exact) mass is 423 g/mol. The minimum Gasteiger partial charge on any atom is -0.376 e. The van der Waals surface area contributed by atoms with Crippen LogP contribution < -0.4 is 10.2 Å². The molecule has 166 valence electrons. The van der Waals surface area contributed by atoms with Crippen LogP contribution in [0.1, 0.15) is 18.1 Å². The number of benzene rings is 1. The quantitative estimate of drug-likeness (QED) is 0.579. The maximum Gasteiger partial charge on any atom is 0.225 e. The molecule has 2 aromatic rings. The zero-order valence-electron chi connectivity index (χ0n) is 18.6. The van der Waals surface area contributed by atoms with Crippen LogP contribution >= 0.6 is 0 Å². The van der Waals surface area contributed by atoms with Gasteiger partial charge in [-0.3, -0.25) is 9.89 Å². The van der Waals surface area contributed by atoms with Crippen LogP contribution in [-0.2, 0) is 17.8 Å². The molecule has 0 radical (unpaired) electrons. The highest BCUT2D eigenvalue weighted by atomic mass is 16.5. The normalized spacial score (nSPS) is 20.7. The van der Waals surface area contributed by atoms with Gasteiger partial charge in [-0.2, -0.15) is 0 Å². The zero-order valence-corrected chi connectivity index (χ0v) is 18.6. The van der Waals surface area contributed by atoms with Crippen molar-refractivity contribution in [2.24, 2.45) is 4.99 Å². The molecule has 2 aliphatic rings. The number of hydrogen-bond donors (Lipinski definition) is 1. The molecule has 0 bridgehead atoms. The fourth-order valence-corrected chi connectivity index (χ4v) is 4.22. The molecule has 1 unspecified atom stereocenters. The molecule has 2 aliphatic heterocycles. The minimum absolute atomic E-state index is 0.316. The van der Waals surface area contributed by atoms with Crippen LogP contribution in [0.3, 0.4) is 0 Å². The summed E-state index contributed by atoms with van der Waals surface area (Å²) in [6, 6.07) is 10.7. The predicted molar refractivity (Wildman–Crippen MR) is 123 cm³/mol. The Hall–Kier alpha value is -2.71. The molecule has 0 saturated carbocycles. The van der Waals surface area contributed by atoms with Gasteiger partial charge < -0.3 is 19.9 Å². The highest BCUT2D eigenvalue weighted by Crippen LogP contribution is 2.13. The van der Waals surface area contributed by atoms with Crippen LogP contribution in [-0.4, -0.2) is 84.8 Å². The molecule has 8 nitrogen and oxygen atoms in total. The summed E-state index contributed by atoms with van der Waals surface area (Å²) < 4.78 is 5.66. The van der Waals surface area contributed by atoms with E-state index in [1.165, 1.54) is 11.1 Å². The molecule has 3 heterocycles. The average Bonchev–Trinajstić information content (AvgIpc) is 2.81. The van der Waals surface area contributed by atoms with Crippen LogP contribution in [0.2, 0.25) is 0 Å². The van der Waals surface area contributed by atoms with Crippen LogP contribution in [0, 0.1) is 0 Å². The summed E-state index contributed by atoms with van der Waals surface area (Å²) in [5, 5.41) is 3.54. The first-order valence-electron chi connectivity index (χ1n) is 11.1. The van der Waals surface area contributed by atoms with Crippen molar-refractivity contribution in [1.82, 2.24) is 25.1 Å². The number of aromatic nitrogens is 2. The van der Waals surface area contributed by atoms with E-state index in [0.29, 0.717) is 6.10 Å². The summed E-state index contributed by atoms with van der Waals surface area (Å²) in [5.41, 5.74) is 2.62. The largest absolute Gasteiger partial charge is 0.376 e. The van der Waals surface area contributed by atoms with E-state index in [1.807, 2.05) is 13.1 Å². The van der Waals surface area contributed by atoms with Gasteiger partial charge in [-0.15, -0.1) is 0 Å². The Morgan fingerprint density at radius 1 is 1.10 bits per heavy atom. The highest BCUT2D eigenvalue weighted by Gasteiger charge is 2.21. The average molecular weight is 424 g/mol. The number of rotatable bonds is 5. The number of nitrogens with one attached hydrogen (secondary N) is 1. The zero-order chi connectivity index (χ0) is 21.5. The fraction of sp³-hybridized carbons (Fsp3) is 0.522. The molecule has 1 atom stereocenters. The lowest BCUT2D eigenvalue weighted by Crippen LogP contribution is -2.52. The second-order valence-electron chi connectivity index (χ2n) is 8.16. The molecular formula is C23H33N7O. The molecule has 31 heavy (non-hydrogen) atoms. The molecule has 4 rings (SSSR count). The van der Waals surface area contributed by atoms with Crippen molar-refractivity contribution in [1.29, 1.82) is 0 Å². The van der Waals surface area contributed by atoms with Gasteiger partial charge in [0.15, 0.2) is 5.96 Å². The molecular weight excluding hydrogens is 390 g/mol. The first kappa shape index (κ1) is 21.5. The lowest BCUT2D eigenvalue weighted by molar-refractivity contribution is -0.0212. The second-order valence-corrected chi connectivity index (χ2v) is 8.16. The van der Waals surface area contributed by atoms with E-state index in [4.69, 9.17) is 4.74 Å². The molecule has 8 heteroatoms. The number of morpholine rings is 1. The van der Waals surface area contributed by atoms with Crippen LogP contribution in [0.5, 0.6) is 0 Å². The van der Waals surface area contributed by atoms with Crippen molar-refractivity contribution in [2.45, 2.75) is 26.1 Å². The maximum absolute atomic E-state index is 5.66. The lowest BCUT2D eigenvalue weighted by atomic mass is 10.1. The van der Waals surface area contributed by atoms with E-state index in [0.717, 1.165) is 70.9 Å². The predicted octanol–water partition coefficient (Wildman–Crippen LogP) is 1.59. The summed E-state index contributed by atoms with van der Waals surface area (Å²) in [7, 11) is 1.85. The van der Waals surface area contributed by atoms with Gasteiger partial charge in [-0.25, -0.2) is 9.97 Å². The van der Waals surface area contributed by atoms with Crippen LogP contribution in [0.15, 0.2) is 47.7 Å². The fourth-order valence-electron chi connectivity index (χ4n) is 4.22. The Morgan fingerprint density at radius 3 is 2.61 bits per heavy atom. The molecule has 2 saturated heterocycles. The molecule has 1 N–H and O–H groups in total. The van der Waals surface area contributed by atoms with Crippen molar-refractivity contribution < 1.29 is 4.74 Å². The summed E-state index contributed by atoms with van der Waals surface area (Å²) in [6.45, 7) is 10.3. The molecule has 2 fully saturated rings. The number of nitrogens with zero attached hydrogens (tertiary/aromatic N) is 6. The van der Waals surface area contributed by atoms with Gasteiger partial charge in [0.25, 0.3) is 0 Å². The van der Waals surface area contributed by atoms with Gasteiger partial charge in [0.2, 0.25) is 5.95 Å². The summed E-state index contributed by atoms with van der Waals surface area (Å²) in [5.74, 6) is 1.75. The third-order valence-electron chi connectivity index (χ3n) is 5.80. The first-order valence-corrected chi connectivity index (χ1v) is 11.1. The van der Waals surface area contributed by atoms with E-state index >= 15 is 0 Å². The van der Waals surface area contributed by atoms with E-state index < -0.39 is 0 Å². The van der Waals surface area contributed by atoms with E-state index in [1.54, 1.807) is 12.4 Å². The van der Waals surface area contributed by atoms with Gasteiger partial charge in [-0.05, 0) is 24.1 Å². The molecule has 1 aromatic heterocycles. The number of guanidine groups is 1. The topological polar surface area (TPSA) is 69.1 Å². The number of aliphatic imine (C=N–C) groups is 1. The maximum atomic E-state index is 5.66.